The Morgan fingerprint density at radius 1 is 0.917 bits per heavy atom. The Morgan fingerprint density at radius 3 is 2.17 bits per heavy atom. The standard InChI is InChI=1S/C18H19N3OS.C10H12O3/c1-20-10-12-21(13-11-20)16-4-6-17(7-5-16)22-23-18-8-2-15(14-19)3-9-18;1-12-9-4-3-8(5-6-11)7-10(9)13-2/h2-9H,10-13H2,1H3;3-4,6-7H,5H2,1-2H3. The molecular weight excluding hydrogens is 474 g/mol. The normalized spacial score (nSPS) is 13.1. The quantitative estimate of drug-likeness (QED) is 0.318. The molecule has 0 saturated carbocycles. The Hall–Kier alpha value is -3.67. The number of anilines is 1. The molecule has 8 heteroatoms. The number of likely N-dealkylation sites (N-methyl/N-ethyl adjacent to an activating group) is 1. The van der Waals surface area contributed by atoms with E-state index in [4.69, 9.17) is 18.9 Å². The van der Waals surface area contributed by atoms with E-state index in [1.807, 2.05) is 30.3 Å². The van der Waals surface area contributed by atoms with Crippen molar-refractivity contribution in [2.75, 3.05) is 52.3 Å². The van der Waals surface area contributed by atoms with Crippen LogP contribution in [0.1, 0.15) is 11.1 Å². The van der Waals surface area contributed by atoms with Crippen molar-refractivity contribution >= 4 is 24.0 Å². The monoisotopic (exact) mass is 505 g/mol. The molecule has 0 aliphatic carbocycles. The Balaban J connectivity index is 0.000000236. The molecule has 0 bridgehead atoms. The number of rotatable bonds is 8. The summed E-state index contributed by atoms with van der Waals surface area (Å²) in [5.41, 5.74) is 2.83. The largest absolute Gasteiger partial charge is 0.493 e. The van der Waals surface area contributed by atoms with Crippen LogP contribution in [-0.2, 0) is 11.2 Å². The average Bonchev–Trinajstić information content (AvgIpc) is 2.93. The average molecular weight is 506 g/mol. The molecule has 0 radical (unpaired) electrons. The van der Waals surface area contributed by atoms with Gasteiger partial charge in [0, 0.05) is 43.2 Å². The van der Waals surface area contributed by atoms with Crippen molar-refractivity contribution in [2.45, 2.75) is 11.3 Å². The molecule has 36 heavy (non-hydrogen) atoms. The summed E-state index contributed by atoms with van der Waals surface area (Å²) in [5, 5.41) is 8.79. The van der Waals surface area contributed by atoms with Crippen molar-refractivity contribution in [1.82, 2.24) is 4.90 Å². The second kappa shape index (κ2) is 14.0. The summed E-state index contributed by atoms with van der Waals surface area (Å²) >= 11 is 1.30. The van der Waals surface area contributed by atoms with Gasteiger partial charge in [0.1, 0.15) is 12.0 Å². The van der Waals surface area contributed by atoms with E-state index in [0.717, 1.165) is 48.7 Å². The fourth-order valence-electron chi connectivity index (χ4n) is 3.56. The fraction of sp³-hybridized carbons (Fsp3) is 0.286. The van der Waals surface area contributed by atoms with E-state index in [0.29, 0.717) is 23.5 Å². The highest BCUT2D eigenvalue weighted by Crippen LogP contribution is 2.28. The molecule has 7 nitrogen and oxygen atoms in total. The van der Waals surface area contributed by atoms with Crippen LogP contribution in [0.25, 0.3) is 0 Å². The Bertz CT molecular complexity index is 1140. The van der Waals surface area contributed by atoms with Gasteiger partial charge in [-0.1, -0.05) is 6.07 Å². The van der Waals surface area contributed by atoms with Crippen LogP contribution in [0, 0.1) is 11.3 Å². The maximum absolute atomic E-state index is 10.3. The van der Waals surface area contributed by atoms with Gasteiger partial charge in [0.2, 0.25) is 0 Å². The van der Waals surface area contributed by atoms with Gasteiger partial charge in [-0.05, 0) is 73.3 Å². The molecular formula is C28H31N3O4S. The predicted molar refractivity (Wildman–Crippen MR) is 143 cm³/mol. The van der Waals surface area contributed by atoms with Crippen LogP contribution in [0.4, 0.5) is 5.69 Å². The summed E-state index contributed by atoms with van der Waals surface area (Å²) < 4.78 is 15.9. The predicted octanol–water partition coefficient (Wildman–Crippen LogP) is 4.84. The zero-order valence-corrected chi connectivity index (χ0v) is 21.7. The summed E-state index contributed by atoms with van der Waals surface area (Å²) in [6, 6.07) is 23.1. The molecule has 4 rings (SSSR count). The van der Waals surface area contributed by atoms with Crippen molar-refractivity contribution in [3.8, 4) is 23.3 Å². The van der Waals surface area contributed by atoms with Crippen LogP contribution in [0.5, 0.6) is 17.2 Å². The van der Waals surface area contributed by atoms with Gasteiger partial charge in [-0.25, -0.2) is 0 Å². The minimum Gasteiger partial charge on any atom is -0.493 e. The molecule has 188 valence electrons. The Kier molecular flexibility index (Phi) is 10.5. The van der Waals surface area contributed by atoms with Gasteiger partial charge in [-0.2, -0.15) is 5.26 Å². The van der Waals surface area contributed by atoms with Crippen molar-refractivity contribution in [1.29, 1.82) is 5.26 Å². The Morgan fingerprint density at radius 2 is 1.58 bits per heavy atom. The lowest BCUT2D eigenvalue weighted by Gasteiger charge is -2.34. The number of piperazine rings is 1. The summed E-state index contributed by atoms with van der Waals surface area (Å²) in [6.45, 7) is 4.34. The first-order chi connectivity index (χ1) is 17.6. The third-order valence-corrected chi connectivity index (χ3v) is 6.43. The molecule has 0 N–H and O–H groups in total. The fourth-order valence-corrected chi connectivity index (χ4v) is 4.11. The van der Waals surface area contributed by atoms with Gasteiger partial charge < -0.3 is 28.3 Å². The lowest BCUT2D eigenvalue weighted by molar-refractivity contribution is -0.107. The molecule has 1 fully saturated rings. The third kappa shape index (κ3) is 7.94. The van der Waals surface area contributed by atoms with Gasteiger partial charge >= 0.3 is 0 Å². The molecule has 1 aliphatic rings. The zero-order chi connectivity index (χ0) is 25.8. The lowest BCUT2D eigenvalue weighted by atomic mass is 10.1. The number of nitriles is 1. The number of hydrogen-bond donors (Lipinski definition) is 0. The summed E-state index contributed by atoms with van der Waals surface area (Å²) in [5.74, 6) is 2.16. The van der Waals surface area contributed by atoms with Gasteiger partial charge in [0.05, 0.1) is 37.9 Å². The highest BCUT2D eigenvalue weighted by Gasteiger charge is 2.14. The van der Waals surface area contributed by atoms with Gasteiger partial charge in [-0.3, -0.25) is 0 Å². The van der Waals surface area contributed by atoms with Gasteiger partial charge in [0.15, 0.2) is 11.5 Å². The lowest BCUT2D eigenvalue weighted by Crippen LogP contribution is -2.44. The molecule has 1 heterocycles. The van der Waals surface area contributed by atoms with Gasteiger partial charge in [0.25, 0.3) is 0 Å². The second-order valence-electron chi connectivity index (χ2n) is 8.15. The van der Waals surface area contributed by atoms with E-state index >= 15 is 0 Å². The molecule has 0 aromatic heterocycles. The number of nitrogens with zero attached hydrogens (tertiary/aromatic N) is 3. The number of ether oxygens (including phenoxy) is 2. The molecule has 0 unspecified atom stereocenters. The van der Waals surface area contributed by atoms with Crippen LogP contribution in [-0.4, -0.2) is 58.6 Å². The third-order valence-electron chi connectivity index (χ3n) is 5.69. The molecule has 0 spiro atoms. The van der Waals surface area contributed by atoms with Crippen LogP contribution in [0.15, 0.2) is 71.6 Å². The molecule has 1 aliphatic heterocycles. The van der Waals surface area contributed by atoms with E-state index in [-0.39, 0.29) is 0 Å². The van der Waals surface area contributed by atoms with E-state index in [2.05, 4.69) is 35.0 Å². The smallest absolute Gasteiger partial charge is 0.161 e. The number of hydrogen-bond acceptors (Lipinski definition) is 8. The summed E-state index contributed by atoms with van der Waals surface area (Å²) in [6.07, 6.45) is 1.27. The summed E-state index contributed by atoms with van der Waals surface area (Å²) in [4.78, 5) is 16.0. The topological polar surface area (TPSA) is 75.0 Å². The molecule has 0 atom stereocenters. The second-order valence-corrected chi connectivity index (χ2v) is 8.95. The number of aldehydes is 1. The maximum atomic E-state index is 10.3. The molecule has 3 aromatic carbocycles. The van der Waals surface area contributed by atoms with Crippen LogP contribution >= 0.6 is 12.0 Å². The van der Waals surface area contributed by atoms with E-state index < -0.39 is 0 Å². The first-order valence-electron chi connectivity index (χ1n) is 11.6. The maximum Gasteiger partial charge on any atom is 0.161 e. The SMILES string of the molecule is CN1CCN(c2ccc(OSc3ccc(C#N)cc3)cc2)CC1.COc1ccc(CC=O)cc1OC. The van der Waals surface area contributed by atoms with E-state index in [9.17, 15) is 4.79 Å². The molecule has 0 amide bonds. The van der Waals surface area contributed by atoms with Gasteiger partial charge in [-0.15, -0.1) is 0 Å². The van der Waals surface area contributed by atoms with E-state index in [1.54, 1.807) is 38.5 Å². The minimum atomic E-state index is 0.403. The van der Waals surface area contributed by atoms with Crippen molar-refractivity contribution in [3.63, 3.8) is 0 Å². The Labute approximate surface area is 217 Å². The van der Waals surface area contributed by atoms with Crippen LogP contribution in [0.2, 0.25) is 0 Å². The summed E-state index contributed by atoms with van der Waals surface area (Å²) in [7, 11) is 5.31. The number of carbonyl (C=O) groups excluding carboxylic acids is 1. The van der Waals surface area contributed by atoms with Crippen LogP contribution in [0.3, 0.4) is 0 Å². The van der Waals surface area contributed by atoms with E-state index in [1.165, 1.54) is 17.7 Å². The van der Waals surface area contributed by atoms with Crippen molar-refractivity contribution in [2.24, 2.45) is 0 Å². The zero-order valence-electron chi connectivity index (χ0n) is 20.8. The first kappa shape index (κ1) is 26.9. The van der Waals surface area contributed by atoms with Crippen molar-refractivity contribution in [3.05, 3.63) is 77.9 Å². The molecule has 1 saturated heterocycles. The molecule has 3 aromatic rings. The number of benzene rings is 3. The minimum absolute atomic E-state index is 0.403. The first-order valence-corrected chi connectivity index (χ1v) is 12.3. The highest BCUT2D eigenvalue weighted by atomic mass is 32.2. The van der Waals surface area contributed by atoms with Crippen LogP contribution < -0.4 is 18.6 Å². The van der Waals surface area contributed by atoms with Crippen molar-refractivity contribution < 1.29 is 18.5 Å². The highest BCUT2D eigenvalue weighted by molar-refractivity contribution is 7.95. The number of methoxy groups -OCH3 is 2. The number of carbonyl (C=O) groups is 1.